The van der Waals surface area contributed by atoms with Gasteiger partial charge < -0.3 is 10.2 Å². The third-order valence-corrected chi connectivity index (χ3v) is 5.52. The van der Waals surface area contributed by atoms with Crippen molar-refractivity contribution in [2.45, 2.75) is 38.8 Å². The van der Waals surface area contributed by atoms with Crippen molar-refractivity contribution in [1.82, 2.24) is 19.4 Å². The molecule has 4 rings (SSSR count). The third-order valence-electron chi connectivity index (χ3n) is 5.52. The number of rotatable bonds is 5. The Morgan fingerprint density at radius 3 is 2.83 bits per heavy atom. The van der Waals surface area contributed by atoms with Crippen molar-refractivity contribution in [1.29, 1.82) is 0 Å². The van der Waals surface area contributed by atoms with Crippen LogP contribution in [0.1, 0.15) is 53.2 Å². The second-order valence-corrected chi connectivity index (χ2v) is 7.17. The molecule has 1 unspecified atom stereocenters. The summed E-state index contributed by atoms with van der Waals surface area (Å²) >= 11 is 0. The van der Waals surface area contributed by atoms with Crippen LogP contribution < -0.4 is 0 Å². The van der Waals surface area contributed by atoms with Gasteiger partial charge in [0.15, 0.2) is 0 Å². The Balaban J connectivity index is 1.73. The highest BCUT2D eigenvalue weighted by atomic mass is 16.4. The lowest BCUT2D eigenvalue weighted by molar-refractivity contribution is 0.0697. The van der Waals surface area contributed by atoms with Gasteiger partial charge in [-0.2, -0.15) is 0 Å². The van der Waals surface area contributed by atoms with Crippen LogP contribution in [0.25, 0.3) is 11.0 Å². The van der Waals surface area contributed by atoms with Crippen LogP contribution in [0.4, 0.5) is 4.79 Å². The normalized spacial score (nSPS) is 16.1. The predicted molar refractivity (Wildman–Crippen MR) is 106 cm³/mol. The first kappa shape index (κ1) is 19.1. The first-order valence-electron chi connectivity index (χ1n) is 9.65. The molecule has 8 nitrogen and oxygen atoms in total. The van der Waals surface area contributed by atoms with E-state index < -0.39 is 12.1 Å². The molecule has 1 atom stereocenters. The quantitative estimate of drug-likeness (QED) is 0.681. The van der Waals surface area contributed by atoms with E-state index in [1.807, 2.05) is 13.0 Å². The minimum Gasteiger partial charge on any atom is -0.478 e. The van der Waals surface area contributed by atoms with Crippen molar-refractivity contribution in [3.63, 3.8) is 0 Å². The molecule has 0 spiro atoms. The summed E-state index contributed by atoms with van der Waals surface area (Å²) < 4.78 is 1.14. The van der Waals surface area contributed by atoms with Gasteiger partial charge in [0.2, 0.25) is 0 Å². The Morgan fingerprint density at radius 1 is 1.28 bits per heavy atom. The molecule has 8 heteroatoms. The molecule has 0 fully saturated rings. The summed E-state index contributed by atoms with van der Waals surface area (Å²) in [5.41, 5.74) is 3.11. The number of imidazole rings is 1. The Labute approximate surface area is 167 Å². The van der Waals surface area contributed by atoms with E-state index in [-0.39, 0.29) is 11.6 Å². The highest BCUT2D eigenvalue weighted by Crippen LogP contribution is 2.33. The Bertz CT molecular complexity index is 1090. The number of hydrogen-bond donors (Lipinski definition) is 2. The van der Waals surface area contributed by atoms with Crippen LogP contribution in [-0.2, 0) is 13.0 Å². The van der Waals surface area contributed by atoms with Gasteiger partial charge in [-0.25, -0.2) is 19.1 Å². The lowest BCUT2D eigenvalue weighted by Gasteiger charge is -2.34. The zero-order valence-electron chi connectivity index (χ0n) is 16.1. The van der Waals surface area contributed by atoms with E-state index in [9.17, 15) is 19.8 Å². The minimum atomic E-state index is -1.14. The number of aromatic nitrogens is 3. The maximum Gasteiger partial charge on any atom is 0.417 e. The van der Waals surface area contributed by atoms with Crippen molar-refractivity contribution in [3.05, 3.63) is 59.2 Å². The van der Waals surface area contributed by atoms with Crippen LogP contribution in [0.2, 0.25) is 0 Å². The van der Waals surface area contributed by atoms with Crippen LogP contribution in [0.3, 0.4) is 0 Å². The van der Waals surface area contributed by atoms with Gasteiger partial charge in [0.1, 0.15) is 5.82 Å². The SMILES string of the molecule is CCN(Cc1nc2cc(C(=O)O)ccc2n1C(=O)O)C1CCCc2cccnc21. The first-order chi connectivity index (χ1) is 14.0. The fourth-order valence-electron chi connectivity index (χ4n) is 4.15. The lowest BCUT2D eigenvalue weighted by atomic mass is 9.91. The van der Waals surface area contributed by atoms with Gasteiger partial charge in [0.25, 0.3) is 0 Å². The molecule has 2 N–H and O–H groups in total. The van der Waals surface area contributed by atoms with Gasteiger partial charge in [-0.3, -0.25) is 9.88 Å². The van der Waals surface area contributed by atoms with Gasteiger partial charge in [-0.15, -0.1) is 0 Å². The largest absolute Gasteiger partial charge is 0.478 e. The number of carbonyl (C=O) groups is 2. The van der Waals surface area contributed by atoms with Gasteiger partial charge >= 0.3 is 12.1 Å². The average molecular weight is 394 g/mol. The summed E-state index contributed by atoms with van der Waals surface area (Å²) in [6, 6.07) is 8.45. The molecule has 1 aliphatic rings. The molecular weight excluding hydrogens is 372 g/mol. The van der Waals surface area contributed by atoms with E-state index in [0.29, 0.717) is 29.9 Å². The van der Waals surface area contributed by atoms with Gasteiger partial charge in [-0.1, -0.05) is 13.0 Å². The van der Waals surface area contributed by atoms with E-state index in [4.69, 9.17) is 0 Å². The number of benzene rings is 1. The first-order valence-corrected chi connectivity index (χ1v) is 9.65. The molecule has 0 saturated heterocycles. The number of aromatic carboxylic acids is 1. The lowest BCUT2D eigenvalue weighted by Crippen LogP contribution is -2.33. The van der Waals surface area contributed by atoms with Gasteiger partial charge in [0, 0.05) is 6.20 Å². The standard InChI is InChI=1S/C21H22N4O4/c1-2-24(17-7-3-5-13-6-4-10-22-19(13)17)12-18-23-15-11-14(20(26)27)8-9-16(15)25(18)21(28)29/h4,6,8-11,17H,2-3,5,7,12H2,1H3,(H,26,27)(H,28,29). The molecular formula is C21H22N4O4. The monoisotopic (exact) mass is 394 g/mol. The summed E-state index contributed by atoms with van der Waals surface area (Å²) in [6.45, 7) is 3.08. The fourth-order valence-corrected chi connectivity index (χ4v) is 4.15. The number of nitrogens with zero attached hydrogens (tertiary/aromatic N) is 4. The molecule has 0 bridgehead atoms. The van der Waals surface area contributed by atoms with Gasteiger partial charge in [0.05, 0.1) is 34.9 Å². The maximum atomic E-state index is 11.9. The number of aryl methyl sites for hydroxylation is 1. The summed E-state index contributed by atoms with van der Waals surface area (Å²) in [4.78, 5) is 34.4. The fraction of sp³-hybridized carbons (Fsp3) is 0.333. The topological polar surface area (TPSA) is 109 Å². The zero-order chi connectivity index (χ0) is 20.5. The number of hydrogen-bond acceptors (Lipinski definition) is 5. The molecule has 0 amide bonds. The molecule has 1 aromatic carbocycles. The van der Waals surface area contributed by atoms with Crippen molar-refractivity contribution < 1.29 is 19.8 Å². The van der Waals surface area contributed by atoms with E-state index >= 15 is 0 Å². The number of pyridine rings is 1. The van der Waals surface area contributed by atoms with Crippen molar-refractivity contribution in [3.8, 4) is 0 Å². The van der Waals surface area contributed by atoms with Crippen molar-refractivity contribution in [2.24, 2.45) is 0 Å². The van der Waals surface area contributed by atoms with Crippen molar-refractivity contribution >= 4 is 23.1 Å². The Hall–Kier alpha value is -3.26. The molecule has 3 aromatic rings. The van der Waals surface area contributed by atoms with Crippen LogP contribution in [0.5, 0.6) is 0 Å². The number of fused-ring (bicyclic) bond motifs is 2. The summed E-state index contributed by atoms with van der Waals surface area (Å²) in [6.07, 6.45) is 3.67. The van der Waals surface area contributed by atoms with Crippen LogP contribution in [0, 0.1) is 0 Å². The molecule has 0 radical (unpaired) electrons. The van der Waals surface area contributed by atoms with E-state index in [1.165, 1.54) is 23.8 Å². The van der Waals surface area contributed by atoms with Gasteiger partial charge in [-0.05, 0) is 55.6 Å². The second kappa shape index (κ2) is 7.63. The highest BCUT2D eigenvalue weighted by molar-refractivity contribution is 5.94. The van der Waals surface area contributed by atoms with E-state index in [2.05, 4.69) is 20.9 Å². The summed E-state index contributed by atoms with van der Waals surface area (Å²) in [5.74, 6) is -0.696. The predicted octanol–water partition coefficient (Wildman–Crippen LogP) is 3.56. The smallest absolute Gasteiger partial charge is 0.417 e. The molecule has 0 saturated carbocycles. The highest BCUT2D eigenvalue weighted by Gasteiger charge is 2.28. The molecule has 0 aliphatic heterocycles. The van der Waals surface area contributed by atoms with Crippen LogP contribution >= 0.6 is 0 Å². The Morgan fingerprint density at radius 2 is 2.10 bits per heavy atom. The summed E-state index contributed by atoms with van der Waals surface area (Å²) in [5, 5.41) is 19.0. The third kappa shape index (κ3) is 3.47. The molecule has 1 aliphatic carbocycles. The zero-order valence-corrected chi connectivity index (χ0v) is 16.1. The maximum absolute atomic E-state index is 11.9. The van der Waals surface area contributed by atoms with Crippen molar-refractivity contribution in [2.75, 3.05) is 6.54 Å². The number of carboxylic acids is 1. The second-order valence-electron chi connectivity index (χ2n) is 7.17. The Kier molecular flexibility index (Phi) is 5.02. The van der Waals surface area contributed by atoms with Crippen LogP contribution in [0.15, 0.2) is 36.5 Å². The number of carboxylic acid groups (broad SMARTS) is 2. The molecule has 150 valence electrons. The van der Waals surface area contributed by atoms with E-state index in [0.717, 1.165) is 29.5 Å². The van der Waals surface area contributed by atoms with E-state index in [1.54, 1.807) is 6.20 Å². The molecule has 2 heterocycles. The molecule has 2 aromatic heterocycles. The average Bonchev–Trinajstić information content (AvgIpc) is 3.09. The summed E-state index contributed by atoms with van der Waals surface area (Å²) in [7, 11) is 0. The van der Waals surface area contributed by atoms with Crippen LogP contribution in [-0.4, -0.2) is 48.3 Å². The molecule has 29 heavy (non-hydrogen) atoms. The minimum absolute atomic E-state index is 0.0804.